The van der Waals surface area contributed by atoms with Crippen molar-refractivity contribution in [3.8, 4) is 16.5 Å². The molecular formula is C12H10N2O3S. The molecule has 0 fully saturated rings. The molecule has 0 radical (unpaired) electrons. The van der Waals surface area contributed by atoms with Crippen molar-refractivity contribution in [1.82, 2.24) is 9.55 Å². The van der Waals surface area contributed by atoms with Gasteiger partial charge in [-0.1, -0.05) is 11.3 Å². The average molecular weight is 262 g/mol. The molecule has 6 heteroatoms. The van der Waals surface area contributed by atoms with Crippen molar-refractivity contribution < 1.29 is 9.15 Å². The van der Waals surface area contributed by atoms with Crippen molar-refractivity contribution in [1.29, 1.82) is 0 Å². The Morgan fingerprint density at radius 2 is 2.28 bits per heavy atom. The summed E-state index contributed by atoms with van der Waals surface area (Å²) >= 11 is 1.43. The molecule has 0 aliphatic rings. The van der Waals surface area contributed by atoms with Crippen LogP contribution in [-0.4, -0.2) is 16.7 Å². The SMILES string of the molecule is COc1nc(-c2ccc3oc(=O)n(C)c3c2)cs1. The molecule has 1 aromatic carbocycles. The predicted octanol–water partition coefficient (Wildman–Crippen LogP) is 2.26. The van der Waals surface area contributed by atoms with Gasteiger partial charge in [0.1, 0.15) is 0 Å². The Hall–Kier alpha value is -2.08. The van der Waals surface area contributed by atoms with E-state index in [1.165, 1.54) is 15.9 Å². The molecule has 18 heavy (non-hydrogen) atoms. The van der Waals surface area contributed by atoms with Crippen LogP contribution in [0, 0.1) is 0 Å². The molecule has 0 amide bonds. The summed E-state index contributed by atoms with van der Waals surface area (Å²) in [6.07, 6.45) is 0. The maximum Gasteiger partial charge on any atom is 0.419 e. The second kappa shape index (κ2) is 3.99. The van der Waals surface area contributed by atoms with Crippen LogP contribution in [-0.2, 0) is 7.05 Å². The minimum Gasteiger partial charge on any atom is -0.473 e. The van der Waals surface area contributed by atoms with Crippen molar-refractivity contribution in [2.75, 3.05) is 7.11 Å². The van der Waals surface area contributed by atoms with Crippen molar-refractivity contribution in [2.45, 2.75) is 0 Å². The maximum absolute atomic E-state index is 11.4. The molecule has 3 aromatic rings. The summed E-state index contributed by atoms with van der Waals surface area (Å²) in [5.41, 5.74) is 3.09. The standard InChI is InChI=1S/C12H10N2O3S/c1-14-9-5-7(3-4-10(9)17-12(14)15)8-6-18-11(13-8)16-2/h3-6H,1-2H3. The highest BCUT2D eigenvalue weighted by molar-refractivity contribution is 7.11. The Bertz CT molecular complexity index is 769. The van der Waals surface area contributed by atoms with Crippen LogP contribution in [0.4, 0.5) is 0 Å². The van der Waals surface area contributed by atoms with Gasteiger partial charge in [0.2, 0.25) is 0 Å². The number of benzene rings is 1. The molecule has 2 heterocycles. The van der Waals surface area contributed by atoms with Gasteiger partial charge in [0.05, 0.1) is 18.3 Å². The summed E-state index contributed by atoms with van der Waals surface area (Å²) in [4.78, 5) is 15.7. The first-order valence-corrected chi connectivity index (χ1v) is 6.16. The predicted molar refractivity (Wildman–Crippen MR) is 69.1 cm³/mol. The van der Waals surface area contributed by atoms with E-state index in [4.69, 9.17) is 9.15 Å². The number of nitrogens with zero attached hydrogens (tertiary/aromatic N) is 2. The number of aryl methyl sites for hydroxylation is 1. The van der Waals surface area contributed by atoms with E-state index in [0.717, 1.165) is 16.8 Å². The summed E-state index contributed by atoms with van der Waals surface area (Å²) in [5, 5.41) is 2.53. The van der Waals surface area contributed by atoms with Crippen molar-refractivity contribution in [2.24, 2.45) is 7.05 Å². The van der Waals surface area contributed by atoms with Crippen molar-refractivity contribution in [3.05, 3.63) is 34.1 Å². The maximum atomic E-state index is 11.4. The van der Waals surface area contributed by atoms with E-state index in [1.54, 1.807) is 20.2 Å². The van der Waals surface area contributed by atoms with Crippen LogP contribution in [0.2, 0.25) is 0 Å². The third kappa shape index (κ3) is 1.62. The van der Waals surface area contributed by atoms with E-state index in [9.17, 15) is 4.79 Å². The summed E-state index contributed by atoms with van der Waals surface area (Å²) in [7, 11) is 3.27. The molecule has 0 bridgehead atoms. The van der Waals surface area contributed by atoms with Gasteiger partial charge in [-0.15, -0.1) is 0 Å². The number of fused-ring (bicyclic) bond motifs is 1. The number of aromatic nitrogens is 2. The van der Waals surface area contributed by atoms with Gasteiger partial charge < -0.3 is 9.15 Å². The number of oxazole rings is 1. The molecule has 0 atom stereocenters. The highest BCUT2D eigenvalue weighted by Crippen LogP contribution is 2.28. The lowest BCUT2D eigenvalue weighted by molar-refractivity contribution is 0.412. The zero-order valence-electron chi connectivity index (χ0n) is 9.84. The van der Waals surface area contributed by atoms with E-state index >= 15 is 0 Å². The fraction of sp³-hybridized carbons (Fsp3) is 0.167. The summed E-state index contributed by atoms with van der Waals surface area (Å²) < 4.78 is 11.6. The molecule has 0 saturated carbocycles. The van der Waals surface area contributed by atoms with Gasteiger partial charge in [0.25, 0.3) is 5.19 Å². The second-order valence-electron chi connectivity index (χ2n) is 3.81. The topological polar surface area (TPSA) is 57.3 Å². The molecule has 0 N–H and O–H groups in total. The molecular weight excluding hydrogens is 252 g/mol. The van der Waals surface area contributed by atoms with Crippen molar-refractivity contribution >= 4 is 22.4 Å². The minimum absolute atomic E-state index is 0.363. The fourth-order valence-corrected chi connectivity index (χ4v) is 2.42. The minimum atomic E-state index is -0.363. The molecule has 0 saturated heterocycles. The number of ether oxygens (including phenoxy) is 1. The second-order valence-corrected chi connectivity index (χ2v) is 4.63. The normalized spacial score (nSPS) is 11.0. The lowest BCUT2D eigenvalue weighted by atomic mass is 10.1. The van der Waals surface area contributed by atoms with E-state index in [1.807, 2.05) is 17.5 Å². The van der Waals surface area contributed by atoms with Gasteiger partial charge in [-0.05, 0) is 18.2 Å². The van der Waals surface area contributed by atoms with Crippen LogP contribution in [0.3, 0.4) is 0 Å². The molecule has 0 aliphatic carbocycles. The van der Waals surface area contributed by atoms with Gasteiger partial charge in [0.15, 0.2) is 5.58 Å². The summed E-state index contributed by atoms with van der Waals surface area (Å²) in [6, 6.07) is 5.53. The van der Waals surface area contributed by atoms with Gasteiger partial charge in [-0.3, -0.25) is 4.57 Å². The first-order chi connectivity index (χ1) is 8.69. The molecule has 3 rings (SSSR count). The van der Waals surface area contributed by atoms with Crippen LogP contribution in [0.15, 0.2) is 32.8 Å². The fourth-order valence-electron chi connectivity index (χ4n) is 1.77. The van der Waals surface area contributed by atoms with Crippen LogP contribution >= 0.6 is 11.3 Å². The monoisotopic (exact) mass is 262 g/mol. The largest absolute Gasteiger partial charge is 0.473 e. The van der Waals surface area contributed by atoms with Crippen molar-refractivity contribution in [3.63, 3.8) is 0 Å². The Morgan fingerprint density at radius 1 is 1.44 bits per heavy atom. The van der Waals surface area contributed by atoms with Gasteiger partial charge in [0, 0.05) is 18.0 Å². The molecule has 92 valence electrons. The lowest BCUT2D eigenvalue weighted by Crippen LogP contribution is -2.08. The number of thiazole rings is 1. The zero-order chi connectivity index (χ0) is 12.7. The van der Waals surface area contributed by atoms with Crippen LogP contribution in [0.1, 0.15) is 0 Å². The third-order valence-electron chi connectivity index (χ3n) is 2.74. The average Bonchev–Trinajstić information content (AvgIpc) is 2.96. The highest BCUT2D eigenvalue weighted by Gasteiger charge is 2.09. The molecule has 0 unspecified atom stereocenters. The van der Waals surface area contributed by atoms with Crippen LogP contribution < -0.4 is 10.5 Å². The van der Waals surface area contributed by atoms with Crippen LogP contribution in [0.5, 0.6) is 5.19 Å². The van der Waals surface area contributed by atoms with E-state index < -0.39 is 0 Å². The number of hydrogen-bond acceptors (Lipinski definition) is 5. The molecule has 5 nitrogen and oxygen atoms in total. The van der Waals surface area contributed by atoms with Gasteiger partial charge in [-0.25, -0.2) is 9.78 Å². The Kier molecular flexibility index (Phi) is 2.45. The number of hydrogen-bond donors (Lipinski definition) is 0. The summed E-state index contributed by atoms with van der Waals surface area (Å²) in [6.45, 7) is 0. The Morgan fingerprint density at radius 3 is 3.00 bits per heavy atom. The third-order valence-corrected chi connectivity index (χ3v) is 3.55. The summed E-state index contributed by atoms with van der Waals surface area (Å²) in [5.74, 6) is -0.363. The Labute approximate surface area is 106 Å². The zero-order valence-corrected chi connectivity index (χ0v) is 10.7. The van der Waals surface area contributed by atoms with Crippen LogP contribution in [0.25, 0.3) is 22.4 Å². The van der Waals surface area contributed by atoms with E-state index in [0.29, 0.717) is 10.8 Å². The molecule has 0 aliphatic heterocycles. The Balaban J connectivity index is 2.18. The number of rotatable bonds is 2. The van der Waals surface area contributed by atoms with E-state index in [-0.39, 0.29) is 5.76 Å². The first kappa shape index (κ1) is 11.0. The highest BCUT2D eigenvalue weighted by atomic mass is 32.1. The van der Waals surface area contributed by atoms with E-state index in [2.05, 4.69) is 4.98 Å². The van der Waals surface area contributed by atoms with Gasteiger partial charge >= 0.3 is 5.76 Å². The lowest BCUT2D eigenvalue weighted by Gasteiger charge is -1.97. The first-order valence-electron chi connectivity index (χ1n) is 5.28. The molecule has 0 spiro atoms. The quantitative estimate of drug-likeness (QED) is 0.711. The number of methoxy groups -OCH3 is 1. The van der Waals surface area contributed by atoms with Gasteiger partial charge in [-0.2, -0.15) is 0 Å². The molecule has 2 aromatic heterocycles. The smallest absolute Gasteiger partial charge is 0.419 e.